The molecule has 0 bridgehead atoms. The van der Waals surface area contributed by atoms with Crippen molar-refractivity contribution in [3.63, 3.8) is 0 Å². The second-order valence-electron chi connectivity index (χ2n) is 6.74. The summed E-state index contributed by atoms with van der Waals surface area (Å²) >= 11 is 0. The molecule has 2 aromatic carbocycles. The maximum Gasteiger partial charge on any atom is 0.261 e. The molecule has 1 amide bonds. The molecule has 0 fully saturated rings. The molecule has 8 heteroatoms. The molecule has 2 rings (SSSR count). The highest BCUT2D eigenvalue weighted by molar-refractivity contribution is 7.92. The van der Waals surface area contributed by atoms with Crippen molar-refractivity contribution in [2.24, 2.45) is 0 Å². The van der Waals surface area contributed by atoms with Crippen LogP contribution in [0.15, 0.2) is 48.5 Å². The summed E-state index contributed by atoms with van der Waals surface area (Å²) in [6.07, 6.45) is 0.972. The molecular weight excluding hydrogens is 392 g/mol. The predicted molar refractivity (Wildman–Crippen MR) is 114 cm³/mol. The van der Waals surface area contributed by atoms with Crippen LogP contribution in [0.1, 0.15) is 31.9 Å². The second-order valence-corrected chi connectivity index (χ2v) is 8.76. The smallest absolute Gasteiger partial charge is 0.261 e. The van der Waals surface area contributed by atoms with Crippen molar-refractivity contribution >= 4 is 21.6 Å². The number of amides is 1. The lowest BCUT2D eigenvalue weighted by Crippen LogP contribution is -2.39. The van der Waals surface area contributed by atoms with Crippen molar-refractivity contribution in [1.82, 2.24) is 5.32 Å². The van der Waals surface area contributed by atoms with E-state index < -0.39 is 16.1 Å². The Labute approximate surface area is 172 Å². The number of ether oxygens (including phenoxy) is 2. The van der Waals surface area contributed by atoms with Crippen molar-refractivity contribution in [3.8, 4) is 11.5 Å². The first-order valence-electron chi connectivity index (χ1n) is 9.30. The fraction of sp³-hybridized carbons (Fsp3) is 0.381. The van der Waals surface area contributed by atoms with Crippen molar-refractivity contribution in [2.45, 2.75) is 32.4 Å². The molecule has 0 radical (unpaired) electrons. The Kier molecular flexibility index (Phi) is 7.50. The third-order valence-electron chi connectivity index (χ3n) is 4.61. The molecule has 0 saturated heterocycles. The molecule has 0 aliphatic rings. The summed E-state index contributed by atoms with van der Waals surface area (Å²) < 4.78 is 35.4. The van der Waals surface area contributed by atoms with Gasteiger partial charge in [0, 0.05) is 7.05 Å². The van der Waals surface area contributed by atoms with E-state index in [-0.39, 0.29) is 11.9 Å². The Morgan fingerprint density at radius 3 is 2.10 bits per heavy atom. The maximum atomic E-state index is 12.6. The van der Waals surface area contributed by atoms with Crippen LogP contribution in [0.5, 0.6) is 11.5 Å². The third kappa shape index (κ3) is 6.12. The van der Waals surface area contributed by atoms with E-state index in [9.17, 15) is 13.2 Å². The van der Waals surface area contributed by atoms with E-state index in [4.69, 9.17) is 9.47 Å². The molecule has 1 N–H and O–H groups in total. The average Bonchev–Trinajstić information content (AvgIpc) is 2.71. The van der Waals surface area contributed by atoms with Crippen molar-refractivity contribution in [3.05, 3.63) is 54.1 Å². The minimum Gasteiger partial charge on any atom is -0.497 e. The Bertz CT molecular complexity index is 911. The second kappa shape index (κ2) is 9.65. The first-order valence-corrected chi connectivity index (χ1v) is 11.2. The van der Waals surface area contributed by atoms with Crippen LogP contribution in [0.2, 0.25) is 0 Å². The fourth-order valence-corrected chi connectivity index (χ4v) is 3.20. The number of nitrogens with zero attached hydrogens (tertiary/aromatic N) is 1. The van der Waals surface area contributed by atoms with E-state index in [0.29, 0.717) is 17.9 Å². The summed E-state index contributed by atoms with van der Waals surface area (Å²) in [6, 6.07) is 13.9. The van der Waals surface area contributed by atoms with Crippen molar-refractivity contribution < 1.29 is 22.7 Å². The van der Waals surface area contributed by atoms with Gasteiger partial charge in [0.2, 0.25) is 10.0 Å². The zero-order valence-electron chi connectivity index (χ0n) is 17.4. The van der Waals surface area contributed by atoms with E-state index in [1.54, 1.807) is 31.4 Å². The molecule has 0 aliphatic heterocycles. The zero-order valence-corrected chi connectivity index (χ0v) is 18.2. The summed E-state index contributed by atoms with van der Waals surface area (Å²) in [5, 5.41) is 2.96. The third-order valence-corrected chi connectivity index (χ3v) is 5.82. The summed E-state index contributed by atoms with van der Waals surface area (Å²) in [7, 11) is -0.247. The van der Waals surface area contributed by atoms with Gasteiger partial charge in [-0.3, -0.25) is 9.10 Å². The highest BCUT2D eigenvalue weighted by Crippen LogP contribution is 2.22. The van der Waals surface area contributed by atoms with Crippen LogP contribution < -0.4 is 19.1 Å². The minimum absolute atomic E-state index is 0.183. The number of hydrogen-bond acceptors (Lipinski definition) is 5. The van der Waals surface area contributed by atoms with Crippen molar-refractivity contribution in [1.29, 1.82) is 0 Å². The number of methoxy groups -OCH3 is 1. The van der Waals surface area contributed by atoms with Gasteiger partial charge in [0.1, 0.15) is 11.5 Å². The SMILES string of the molecule is CCC(Oc1ccc(N(C)S(C)(=O)=O)cc1)C(=O)NC(C)c1ccc(OC)cc1. The van der Waals surface area contributed by atoms with Gasteiger partial charge in [0.15, 0.2) is 6.10 Å². The maximum absolute atomic E-state index is 12.6. The van der Waals surface area contributed by atoms with Gasteiger partial charge in [-0.15, -0.1) is 0 Å². The molecule has 29 heavy (non-hydrogen) atoms. The molecule has 7 nitrogen and oxygen atoms in total. The first-order chi connectivity index (χ1) is 13.7. The van der Waals surface area contributed by atoms with Crippen LogP contribution in [0.3, 0.4) is 0 Å². The largest absolute Gasteiger partial charge is 0.497 e. The van der Waals surface area contributed by atoms with E-state index >= 15 is 0 Å². The van der Waals surface area contributed by atoms with Gasteiger partial charge in [-0.1, -0.05) is 19.1 Å². The number of nitrogens with one attached hydrogen (secondary N) is 1. The predicted octanol–water partition coefficient (Wildman–Crippen LogP) is 3.13. The van der Waals surface area contributed by atoms with E-state index in [1.165, 1.54) is 11.4 Å². The zero-order chi connectivity index (χ0) is 21.6. The minimum atomic E-state index is -3.33. The van der Waals surface area contributed by atoms with Crippen LogP contribution in [0.25, 0.3) is 0 Å². The number of carbonyl (C=O) groups is 1. The van der Waals surface area contributed by atoms with E-state index in [2.05, 4.69) is 5.32 Å². The normalized spacial score (nSPS) is 13.3. The van der Waals surface area contributed by atoms with Gasteiger partial charge >= 0.3 is 0 Å². The molecule has 2 unspecified atom stereocenters. The Morgan fingerprint density at radius 1 is 1.07 bits per heavy atom. The molecule has 158 valence electrons. The number of hydrogen-bond donors (Lipinski definition) is 1. The van der Waals surface area contributed by atoms with Crippen LogP contribution >= 0.6 is 0 Å². The van der Waals surface area contributed by atoms with E-state index in [1.807, 2.05) is 38.1 Å². The van der Waals surface area contributed by atoms with Gasteiger partial charge in [0.25, 0.3) is 5.91 Å². The number of benzene rings is 2. The van der Waals surface area contributed by atoms with Gasteiger partial charge < -0.3 is 14.8 Å². The molecule has 0 spiro atoms. The van der Waals surface area contributed by atoms with Gasteiger partial charge in [-0.05, 0) is 55.3 Å². The molecule has 2 aromatic rings. The fourth-order valence-electron chi connectivity index (χ4n) is 2.69. The van der Waals surface area contributed by atoms with Crippen LogP contribution in [-0.4, -0.2) is 40.8 Å². The lowest BCUT2D eigenvalue weighted by molar-refractivity contribution is -0.128. The van der Waals surface area contributed by atoms with Crippen LogP contribution in [0.4, 0.5) is 5.69 Å². The topological polar surface area (TPSA) is 84.9 Å². The van der Waals surface area contributed by atoms with Gasteiger partial charge in [-0.2, -0.15) is 0 Å². The Morgan fingerprint density at radius 2 is 1.62 bits per heavy atom. The monoisotopic (exact) mass is 420 g/mol. The Hall–Kier alpha value is -2.74. The highest BCUT2D eigenvalue weighted by Gasteiger charge is 2.21. The van der Waals surface area contributed by atoms with Crippen LogP contribution in [0, 0.1) is 0 Å². The summed E-state index contributed by atoms with van der Waals surface area (Å²) in [5.41, 5.74) is 1.48. The summed E-state index contributed by atoms with van der Waals surface area (Å²) in [4.78, 5) is 12.6. The first kappa shape index (κ1) is 22.5. The lowest BCUT2D eigenvalue weighted by Gasteiger charge is -2.21. The lowest BCUT2D eigenvalue weighted by atomic mass is 10.1. The summed E-state index contributed by atoms with van der Waals surface area (Å²) in [6.45, 7) is 3.77. The van der Waals surface area contributed by atoms with Crippen LogP contribution in [-0.2, 0) is 14.8 Å². The van der Waals surface area contributed by atoms with Gasteiger partial charge in [-0.25, -0.2) is 8.42 Å². The quantitative estimate of drug-likeness (QED) is 0.674. The standard InChI is InChI=1S/C21H28N2O5S/c1-6-20(21(24)22-15(2)16-7-11-18(27-4)12-8-16)28-19-13-9-17(10-14-19)23(3)29(5,25)26/h7-15,20H,6H2,1-5H3,(H,22,24). The summed E-state index contributed by atoms with van der Waals surface area (Å²) in [5.74, 6) is 1.04. The molecular formula is C21H28N2O5S. The average molecular weight is 421 g/mol. The molecule has 2 atom stereocenters. The Balaban J connectivity index is 2.02. The number of rotatable bonds is 9. The van der Waals surface area contributed by atoms with E-state index in [0.717, 1.165) is 17.6 Å². The van der Waals surface area contributed by atoms with Crippen molar-refractivity contribution in [2.75, 3.05) is 24.7 Å². The molecule has 0 aliphatic carbocycles. The highest BCUT2D eigenvalue weighted by atomic mass is 32.2. The molecule has 0 saturated carbocycles. The molecule has 0 aromatic heterocycles. The number of anilines is 1. The molecule has 0 heterocycles. The number of carbonyl (C=O) groups excluding carboxylic acids is 1. The number of sulfonamides is 1. The van der Waals surface area contributed by atoms with Gasteiger partial charge in [0.05, 0.1) is 25.1 Å².